The topological polar surface area (TPSA) is 82.4 Å². The first kappa shape index (κ1) is 16.8. The molecule has 0 saturated carbocycles. The Morgan fingerprint density at radius 1 is 1.15 bits per heavy atom. The van der Waals surface area contributed by atoms with Crippen molar-refractivity contribution in [3.63, 3.8) is 0 Å². The number of pyridine rings is 1. The average Bonchev–Trinajstić information content (AvgIpc) is 3.08. The molecule has 0 radical (unpaired) electrons. The molecule has 0 amide bonds. The Balaban J connectivity index is 1.85. The molecule has 1 atom stereocenters. The van der Waals surface area contributed by atoms with Crippen LogP contribution in [0.15, 0.2) is 48.8 Å². The zero-order valence-corrected chi connectivity index (χ0v) is 14.6. The van der Waals surface area contributed by atoms with E-state index in [0.29, 0.717) is 40.9 Å². The maximum atomic E-state index is 10.3. The molecular weight excluding hydrogens is 352 g/mol. The fraction of sp³-hybridized carbons (Fsp3) is 0.211. The first-order chi connectivity index (χ1) is 12.6. The van der Waals surface area contributed by atoms with Crippen LogP contribution < -0.4 is 4.90 Å². The molecule has 1 saturated heterocycles. The number of aliphatic hydroxyl groups is 1. The van der Waals surface area contributed by atoms with E-state index in [9.17, 15) is 10.2 Å². The van der Waals surface area contributed by atoms with Crippen LogP contribution in [-0.2, 0) is 0 Å². The standard InChI is InChI=1S/C19H17ClN4O2/c20-13-3-4-15(17(26)8-13)16-9-18(24-7-5-14(25)11-24)23-19(22-16)12-2-1-6-21-10-12/h1-4,6,8-10,14,25-26H,5,7,11H2/t14-/m0/s1. The molecule has 4 rings (SSSR count). The quantitative estimate of drug-likeness (QED) is 0.739. The number of aromatic nitrogens is 3. The fourth-order valence-electron chi connectivity index (χ4n) is 3.03. The predicted molar refractivity (Wildman–Crippen MR) is 100 cm³/mol. The summed E-state index contributed by atoms with van der Waals surface area (Å²) in [6, 6.07) is 10.5. The molecule has 1 aliphatic rings. The van der Waals surface area contributed by atoms with Gasteiger partial charge in [0.25, 0.3) is 0 Å². The van der Waals surface area contributed by atoms with E-state index in [4.69, 9.17) is 11.6 Å². The minimum Gasteiger partial charge on any atom is -0.507 e. The van der Waals surface area contributed by atoms with E-state index < -0.39 is 0 Å². The number of hydrogen-bond acceptors (Lipinski definition) is 6. The summed E-state index contributed by atoms with van der Waals surface area (Å²) in [7, 11) is 0. The number of β-amino-alcohol motifs (C(OH)–C–C–N with tert-alkyl or cyclic N) is 1. The highest BCUT2D eigenvalue weighted by molar-refractivity contribution is 6.30. The largest absolute Gasteiger partial charge is 0.507 e. The minimum atomic E-state index is -0.362. The Bertz CT molecular complexity index is 936. The molecule has 0 unspecified atom stereocenters. The van der Waals surface area contributed by atoms with Crippen molar-refractivity contribution in [2.75, 3.05) is 18.0 Å². The summed E-state index contributed by atoms with van der Waals surface area (Å²) in [5.41, 5.74) is 1.94. The van der Waals surface area contributed by atoms with Crippen molar-refractivity contribution in [2.24, 2.45) is 0 Å². The highest BCUT2D eigenvalue weighted by atomic mass is 35.5. The van der Waals surface area contributed by atoms with E-state index in [1.54, 1.807) is 24.5 Å². The number of aromatic hydroxyl groups is 1. The van der Waals surface area contributed by atoms with Crippen molar-refractivity contribution in [3.05, 3.63) is 53.8 Å². The molecule has 1 fully saturated rings. The number of halogens is 1. The first-order valence-corrected chi connectivity index (χ1v) is 8.69. The summed E-state index contributed by atoms with van der Waals surface area (Å²) in [4.78, 5) is 15.4. The Kier molecular flexibility index (Phi) is 4.44. The summed E-state index contributed by atoms with van der Waals surface area (Å²) in [5, 5.41) is 20.6. The van der Waals surface area contributed by atoms with Gasteiger partial charge in [0.15, 0.2) is 5.82 Å². The van der Waals surface area contributed by atoms with Crippen molar-refractivity contribution in [3.8, 4) is 28.4 Å². The van der Waals surface area contributed by atoms with Gasteiger partial charge in [0.05, 0.1) is 11.8 Å². The monoisotopic (exact) mass is 368 g/mol. The second-order valence-corrected chi connectivity index (χ2v) is 6.66. The molecule has 1 aromatic carbocycles. The number of anilines is 1. The molecule has 0 spiro atoms. The van der Waals surface area contributed by atoms with Gasteiger partial charge in [0.2, 0.25) is 0 Å². The second kappa shape index (κ2) is 6.90. The maximum absolute atomic E-state index is 10.3. The van der Waals surface area contributed by atoms with E-state index in [1.807, 2.05) is 23.1 Å². The van der Waals surface area contributed by atoms with Gasteiger partial charge in [-0.1, -0.05) is 11.6 Å². The van der Waals surface area contributed by atoms with E-state index in [0.717, 1.165) is 12.1 Å². The van der Waals surface area contributed by atoms with E-state index >= 15 is 0 Å². The fourth-order valence-corrected chi connectivity index (χ4v) is 3.20. The van der Waals surface area contributed by atoms with Crippen LogP contribution >= 0.6 is 11.6 Å². The third-order valence-corrected chi connectivity index (χ3v) is 4.59. The third-order valence-electron chi connectivity index (χ3n) is 4.36. The Hall–Kier alpha value is -2.70. The summed E-state index contributed by atoms with van der Waals surface area (Å²) in [6.07, 6.45) is 3.73. The van der Waals surface area contributed by atoms with Gasteiger partial charge in [-0.15, -0.1) is 0 Å². The third kappa shape index (κ3) is 3.34. The lowest BCUT2D eigenvalue weighted by atomic mass is 10.1. The molecule has 0 bridgehead atoms. The minimum absolute atomic E-state index is 0.0562. The van der Waals surface area contributed by atoms with Gasteiger partial charge in [-0.05, 0) is 36.8 Å². The lowest BCUT2D eigenvalue weighted by Gasteiger charge is -2.18. The van der Waals surface area contributed by atoms with E-state index in [-0.39, 0.29) is 11.9 Å². The maximum Gasteiger partial charge on any atom is 0.163 e. The SMILES string of the molecule is Oc1cc(Cl)ccc1-c1cc(N2CC[C@H](O)C2)nc(-c2cccnc2)n1. The molecule has 26 heavy (non-hydrogen) atoms. The lowest BCUT2D eigenvalue weighted by molar-refractivity contribution is 0.198. The van der Waals surface area contributed by atoms with Crippen LogP contribution in [0.2, 0.25) is 5.02 Å². The molecule has 6 nitrogen and oxygen atoms in total. The van der Waals surface area contributed by atoms with Crippen molar-refractivity contribution in [2.45, 2.75) is 12.5 Å². The first-order valence-electron chi connectivity index (χ1n) is 8.31. The van der Waals surface area contributed by atoms with Crippen LogP contribution in [0.25, 0.3) is 22.6 Å². The number of aliphatic hydroxyl groups excluding tert-OH is 1. The van der Waals surface area contributed by atoms with Crippen LogP contribution in [0.3, 0.4) is 0 Å². The molecule has 3 heterocycles. The van der Waals surface area contributed by atoms with Crippen molar-refractivity contribution < 1.29 is 10.2 Å². The summed E-state index contributed by atoms with van der Waals surface area (Å²) in [5.74, 6) is 1.28. The van der Waals surface area contributed by atoms with Crippen molar-refractivity contribution in [1.82, 2.24) is 15.0 Å². The van der Waals surface area contributed by atoms with Crippen LogP contribution in [-0.4, -0.2) is 44.4 Å². The molecule has 1 aliphatic heterocycles. The van der Waals surface area contributed by atoms with Crippen LogP contribution in [0.4, 0.5) is 5.82 Å². The van der Waals surface area contributed by atoms with Gasteiger partial charge < -0.3 is 15.1 Å². The van der Waals surface area contributed by atoms with Gasteiger partial charge >= 0.3 is 0 Å². The molecule has 7 heteroatoms. The van der Waals surface area contributed by atoms with Gasteiger partial charge in [0, 0.05) is 47.7 Å². The van der Waals surface area contributed by atoms with Gasteiger partial charge in [0.1, 0.15) is 11.6 Å². The lowest BCUT2D eigenvalue weighted by Crippen LogP contribution is -2.22. The van der Waals surface area contributed by atoms with Gasteiger partial charge in [-0.3, -0.25) is 4.98 Å². The van der Waals surface area contributed by atoms with Crippen molar-refractivity contribution >= 4 is 17.4 Å². The molecule has 2 N–H and O–H groups in total. The number of hydrogen-bond donors (Lipinski definition) is 2. The zero-order chi connectivity index (χ0) is 18.1. The number of rotatable bonds is 3. The summed E-state index contributed by atoms with van der Waals surface area (Å²) < 4.78 is 0. The van der Waals surface area contributed by atoms with E-state index in [1.165, 1.54) is 6.07 Å². The van der Waals surface area contributed by atoms with Gasteiger partial charge in [-0.25, -0.2) is 9.97 Å². The molecule has 3 aromatic rings. The second-order valence-electron chi connectivity index (χ2n) is 6.23. The normalized spacial score (nSPS) is 16.8. The zero-order valence-electron chi connectivity index (χ0n) is 13.9. The van der Waals surface area contributed by atoms with E-state index in [2.05, 4.69) is 15.0 Å². The highest BCUT2D eigenvalue weighted by Crippen LogP contribution is 2.33. The number of phenols is 1. The average molecular weight is 369 g/mol. The Morgan fingerprint density at radius 2 is 2.04 bits per heavy atom. The Labute approximate surface area is 155 Å². The van der Waals surface area contributed by atoms with Crippen molar-refractivity contribution in [1.29, 1.82) is 0 Å². The van der Waals surface area contributed by atoms with Gasteiger partial charge in [-0.2, -0.15) is 0 Å². The number of phenolic OH excluding ortho intramolecular Hbond substituents is 1. The highest BCUT2D eigenvalue weighted by Gasteiger charge is 2.23. The van der Waals surface area contributed by atoms with Crippen LogP contribution in [0, 0.1) is 0 Å². The van der Waals surface area contributed by atoms with Crippen LogP contribution in [0.5, 0.6) is 5.75 Å². The number of benzene rings is 1. The predicted octanol–water partition coefficient (Wildman–Crippen LogP) is 3.14. The smallest absolute Gasteiger partial charge is 0.163 e. The summed E-state index contributed by atoms with van der Waals surface area (Å²) in [6.45, 7) is 1.24. The molecule has 132 valence electrons. The summed E-state index contributed by atoms with van der Waals surface area (Å²) >= 11 is 5.95. The molecule has 0 aliphatic carbocycles. The molecule has 2 aromatic heterocycles. The Morgan fingerprint density at radius 3 is 2.73 bits per heavy atom. The number of nitrogens with zero attached hydrogens (tertiary/aromatic N) is 4. The molecular formula is C19H17ClN4O2. The van der Waals surface area contributed by atoms with Crippen LogP contribution in [0.1, 0.15) is 6.42 Å².